The molecule has 0 aliphatic carbocycles. The van der Waals surface area contributed by atoms with Gasteiger partial charge >= 0.3 is 5.97 Å². The van der Waals surface area contributed by atoms with Crippen molar-refractivity contribution >= 4 is 5.97 Å². The number of aliphatic hydroxyl groups excluding tert-OH is 1. The van der Waals surface area contributed by atoms with E-state index in [2.05, 4.69) is 6.92 Å². The maximum atomic E-state index is 11.9. The number of aliphatic hydroxyl groups is 1. The van der Waals surface area contributed by atoms with E-state index >= 15 is 0 Å². The van der Waals surface area contributed by atoms with Crippen LogP contribution < -0.4 is 0 Å². The van der Waals surface area contributed by atoms with Crippen molar-refractivity contribution in [3.05, 3.63) is 35.9 Å². The molecule has 0 saturated carbocycles. The number of hydrogen-bond donors (Lipinski definition) is 1. The van der Waals surface area contributed by atoms with Gasteiger partial charge in [0.2, 0.25) is 0 Å². The van der Waals surface area contributed by atoms with Gasteiger partial charge in [-0.2, -0.15) is 0 Å². The van der Waals surface area contributed by atoms with Gasteiger partial charge in [0.05, 0.1) is 13.2 Å². The molecule has 184 valence electrons. The van der Waals surface area contributed by atoms with Crippen molar-refractivity contribution in [2.75, 3.05) is 13.2 Å². The van der Waals surface area contributed by atoms with Crippen molar-refractivity contribution in [2.45, 2.75) is 122 Å². The van der Waals surface area contributed by atoms with Crippen LogP contribution in [-0.2, 0) is 20.9 Å². The third kappa shape index (κ3) is 17.2. The normalized spacial score (nSPS) is 12.1. The Bertz CT molecular complexity index is 531. The molecule has 0 bridgehead atoms. The highest BCUT2D eigenvalue weighted by Gasteiger charge is 2.12. The van der Waals surface area contributed by atoms with Crippen molar-refractivity contribution in [3.63, 3.8) is 0 Å². The number of ether oxygens (including phenoxy) is 2. The Hall–Kier alpha value is -1.39. The SMILES string of the molecule is CCCCCCCCCCCCCCCCCC(=O)OC[C@H](CO)OCc1ccccc1. The number of esters is 1. The summed E-state index contributed by atoms with van der Waals surface area (Å²) in [6.07, 6.45) is 19.7. The van der Waals surface area contributed by atoms with Crippen LogP contribution in [0.5, 0.6) is 0 Å². The molecule has 0 aliphatic rings. The molecule has 1 aromatic rings. The average Bonchev–Trinajstić information content (AvgIpc) is 2.82. The summed E-state index contributed by atoms with van der Waals surface area (Å²) in [5.74, 6) is -0.193. The minimum absolute atomic E-state index is 0.112. The Morgan fingerprint density at radius 2 is 1.28 bits per heavy atom. The molecule has 1 rings (SSSR count). The standard InChI is InChI=1S/C28H48O4/c1-2-3-4-5-6-7-8-9-10-11-12-13-14-15-19-22-28(30)32-25-27(23-29)31-24-26-20-17-16-18-21-26/h16-18,20-21,27,29H,2-15,19,22-25H2,1H3/t27-/m0/s1. The van der Waals surface area contributed by atoms with Crippen LogP contribution in [0.1, 0.15) is 115 Å². The van der Waals surface area contributed by atoms with Gasteiger partial charge in [0.1, 0.15) is 12.7 Å². The monoisotopic (exact) mass is 448 g/mol. The third-order valence-electron chi connectivity index (χ3n) is 5.95. The van der Waals surface area contributed by atoms with Crippen LogP contribution in [0.4, 0.5) is 0 Å². The second-order valence-electron chi connectivity index (χ2n) is 8.98. The van der Waals surface area contributed by atoms with Crippen LogP contribution in [0.15, 0.2) is 30.3 Å². The Labute approximate surface area is 197 Å². The first-order chi connectivity index (χ1) is 15.8. The van der Waals surface area contributed by atoms with Crippen molar-refractivity contribution < 1.29 is 19.4 Å². The van der Waals surface area contributed by atoms with E-state index in [9.17, 15) is 9.90 Å². The maximum absolute atomic E-state index is 11.9. The van der Waals surface area contributed by atoms with Gasteiger partial charge in [-0.15, -0.1) is 0 Å². The van der Waals surface area contributed by atoms with Crippen molar-refractivity contribution in [1.82, 2.24) is 0 Å². The van der Waals surface area contributed by atoms with Gasteiger partial charge in [-0.05, 0) is 12.0 Å². The highest BCUT2D eigenvalue weighted by Crippen LogP contribution is 2.14. The van der Waals surface area contributed by atoms with Gasteiger partial charge in [0, 0.05) is 6.42 Å². The molecule has 1 atom stereocenters. The predicted molar refractivity (Wildman–Crippen MR) is 133 cm³/mol. The van der Waals surface area contributed by atoms with E-state index < -0.39 is 6.10 Å². The molecule has 1 aromatic carbocycles. The summed E-state index contributed by atoms with van der Waals surface area (Å²) in [7, 11) is 0. The topological polar surface area (TPSA) is 55.8 Å². The largest absolute Gasteiger partial charge is 0.463 e. The molecule has 0 saturated heterocycles. The van der Waals surface area contributed by atoms with Crippen LogP contribution in [0, 0.1) is 0 Å². The smallest absolute Gasteiger partial charge is 0.305 e. The lowest BCUT2D eigenvalue weighted by Gasteiger charge is -2.15. The molecule has 1 N–H and O–H groups in total. The number of carbonyl (C=O) groups excluding carboxylic acids is 1. The van der Waals surface area contributed by atoms with Crippen LogP contribution >= 0.6 is 0 Å². The summed E-state index contributed by atoms with van der Waals surface area (Å²) in [5.41, 5.74) is 1.04. The summed E-state index contributed by atoms with van der Waals surface area (Å²) < 4.78 is 10.9. The maximum Gasteiger partial charge on any atom is 0.305 e. The van der Waals surface area contributed by atoms with Gasteiger partial charge in [0.25, 0.3) is 0 Å². The molecule has 4 heteroatoms. The molecule has 0 unspecified atom stereocenters. The van der Waals surface area contributed by atoms with E-state index in [1.165, 1.54) is 83.5 Å². The summed E-state index contributed by atoms with van der Waals surface area (Å²) >= 11 is 0. The Morgan fingerprint density at radius 1 is 0.781 bits per heavy atom. The minimum Gasteiger partial charge on any atom is -0.463 e. The van der Waals surface area contributed by atoms with Gasteiger partial charge in [-0.3, -0.25) is 4.79 Å². The first-order valence-electron chi connectivity index (χ1n) is 13.2. The second kappa shape index (κ2) is 21.5. The van der Waals surface area contributed by atoms with Crippen LogP contribution in [0.25, 0.3) is 0 Å². The van der Waals surface area contributed by atoms with Gasteiger partial charge < -0.3 is 14.6 Å². The predicted octanol–water partition coefficient (Wildman–Crippen LogP) is 7.37. The van der Waals surface area contributed by atoms with Crippen LogP contribution in [0.3, 0.4) is 0 Å². The molecule has 0 aliphatic heterocycles. The Balaban J connectivity index is 1.86. The molecular formula is C28H48O4. The minimum atomic E-state index is -0.472. The van der Waals surface area contributed by atoms with Gasteiger partial charge in [-0.25, -0.2) is 0 Å². The van der Waals surface area contributed by atoms with Gasteiger partial charge in [-0.1, -0.05) is 127 Å². The molecule has 0 spiro atoms. The zero-order valence-electron chi connectivity index (χ0n) is 20.6. The molecular weight excluding hydrogens is 400 g/mol. The van der Waals surface area contributed by atoms with E-state index in [0.717, 1.165) is 18.4 Å². The number of rotatable bonds is 22. The van der Waals surface area contributed by atoms with Crippen LogP contribution in [0.2, 0.25) is 0 Å². The second-order valence-corrected chi connectivity index (χ2v) is 8.98. The van der Waals surface area contributed by atoms with Crippen LogP contribution in [-0.4, -0.2) is 30.4 Å². The fourth-order valence-corrected chi connectivity index (χ4v) is 3.84. The summed E-state index contributed by atoms with van der Waals surface area (Å²) in [6.45, 7) is 2.64. The van der Waals surface area contributed by atoms with Gasteiger partial charge in [0.15, 0.2) is 0 Å². The van der Waals surface area contributed by atoms with E-state index in [0.29, 0.717) is 13.0 Å². The highest BCUT2D eigenvalue weighted by atomic mass is 16.6. The fraction of sp³-hybridized carbons (Fsp3) is 0.750. The molecule has 0 heterocycles. The van der Waals surface area contributed by atoms with E-state index in [4.69, 9.17) is 9.47 Å². The third-order valence-corrected chi connectivity index (χ3v) is 5.95. The lowest BCUT2D eigenvalue weighted by molar-refractivity contribution is -0.149. The van der Waals surface area contributed by atoms with Crippen molar-refractivity contribution in [3.8, 4) is 0 Å². The molecule has 32 heavy (non-hydrogen) atoms. The molecule has 0 aromatic heterocycles. The molecule has 0 radical (unpaired) electrons. The number of carbonyl (C=O) groups is 1. The number of benzene rings is 1. The first kappa shape index (κ1) is 28.6. The Morgan fingerprint density at radius 3 is 1.78 bits per heavy atom. The highest BCUT2D eigenvalue weighted by molar-refractivity contribution is 5.69. The quantitative estimate of drug-likeness (QED) is 0.149. The zero-order chi connectivity index (χ0) is 23.1. The van der Waals surface area contributed by atoms with Crippen molar-refractivity contribution in [2.24, 2.45) is 0 Å². The van der Waals surface area contributed by atoms with E-state index in [1.807, 2.05) is 30.3 Å². The summed E-state index contributed by atoms with van der Waals surface area (Å²) in [5, 5.41) is 9.42. The number of unbranched alkanes of at least 4 members (excludes halogenated alkanes) is 14. The Kier molecular flexibility index (Phi) is 19.2. The fourth-order valence-electron chi connectivity index (χ4n) is 3.84. The van der Waals surface area contributed by atoms with E-state index in [1.54, 1.807) is 0 Å². The average molecular weight is 449 g/mol. The lowest BCUT2D eigenvalue weighted by Crippen LogP contribution is -2.25. The van der Waals surface area contributed by atoms with E-state index in [-0.39, 0.29) is 19.2 Å². The summed E-state index contributed by atoms with van der Waals surface area (Å²) in [4.78, 5) is 11.9. The number of hydrogen-bond acceptors (Lipinski definition) is 4. The molecule has 0 amide bonds. The molecule has 4 nitrogen and oxygen atoms in total. The molecule has 0 fully saturated rings. The summed E-state index contributed by atoms with van der Waals surface area (Å²) in [6, 6.07) is 9.79. The zero-order valence-corrected chi connectivity index (χ0v) is 20.6. The van der Waals surface area contributed by atoms with Crippen molar-refractivity contribution in [1.29, 1.82) is 0 Å². The first-order valence-corrected chi connectivity index (χ1v) is 13.2. The lowest BCUT2D eigenvalue weighted by atomic mass is 10.0.